The molecule has 0 saturated heterocycles. The summed E-state index contributed by atoms with van der Waals surface area (Å²) in [5.41, 5.74) is 1.49. The molecular formula is C26H18FN7O2. The number of aromatic nitrogens is 6. The molecule has 3 heterocycles. The minimum atomic E-state index is -0.428. The molecule has 3 aromatic heterocycles. The minimum Gasteiger partial charge on any atom is -0.306 e. The van der Waals surface area contributed by atoms with Gasteiger partial charge >= 0.3 is 0 Å². The number of H-pyrrole nitrogens is 1. The van der Waals surface area contributed by atoms with Crippen molar-refractivity contribution >= 4 is 33.5 Å². The van der Waals surface area contributed by atoms with Crippen molar-refractivity contribution in [3.8, 4) is 11.6 Å². The van der Waals surface area contributed by atoms with Crippen molar-refractivity contribution in [2.45, 2.75) is 6.92 Å². The molecule has 2 N–H and O–H groups in total. The van der Waals surface area contributed by atoms with Gasteiger partial charge in [0.1, 0.15) is 17.0 Å². The average Bonchev–Trinajstić information content (AvgIpc) is 3.47. The Kier molecular flexibility index (Phi) is 4.92. The molecular weight excluding hydrogens is 461 g/mol. The van der Waals surface area contributed by atoms with Crippen LogP contribution in [0.5, 0.6) is 0 Å². The van der Waals surface area contributed by atoms with E-state index in [1.165, 1.54) is 39.8 Å². The number of carbonyl (C=O) groups excluding carboxylic acids is 1. The second kappa shape index (κ2) is 8.27. The molecule has 9 nitrogen and oxygen atoms in total. The summed E-state index contributed by atoms with van der Waals surface area (Å²) >= 11 is 0. The second-order valence-electron chi connectivity index (χ2n) is 8.22. The highest BCUT2D eigenvalue weighted by Crippen LogP contribution is 2.22. The number of benzene rings is 3. The van der Waals surface area contributed by atoms with Crippen molar-refractivity contribution < 1.29 is 9.18 Å². The van der Waals surface area contributed by atoms with Crippen molar-refractivity contribution in [1.82, 2.24) is 29.5 Å². The molecule has 0 aliphatic carbocycles. The molecule has 0 fully saturated rings. The number of hydrogen-bond donors (Lipinski definition) is 2. The van der Waals surface area contributed by atoms with Gasteiger partial charge in [0.2, 0.25) is 5.95 Å². The normalized spacial score (nSPS) is 11.3. The lowest BCUT2D eigenvalue weighted by Gasteiger charge is -2.10. The molecule has 0 aliphatic rings. The van der Waals surface area contributed by atoms with Gasteiger partial charge in [0, 0.05) is 11.6 Å². The predicted molar refractivity (Wildman–Crippen MR) is 133 cm³/mol. The van der Waals surface area contributed by atoms with Crippen molar-refractivity contribution in [3.05, 3.63) is 106 Å². The van der Waals surface area contributed by atoms with Crippen molar-refractivity contribution in [3.63, 3.8) is 0 Å². The van der Waals surface area contributed by atoms with Crippen LogP contribution < -0.4 is 10.9 Å². The van der Waals surface area contributed by atoms with Crippen molar-refractivity contribution in [2.24, 2.45) is 0 Å². The van der Waals surface area contributed by atoms with Crippen LogP contribution in [0.15, 0.2) is 83.8 Å². The van der Waals surface area contributed by atoms with Crippen LogP contribution in [0.25, 0.3) is 33.4 Å². The summed E-state index contributed by atoms with van der Waals surface area (Å²) in [6.07, 6.45) is 1.39. The van der Waals surface area contributed by atoms with Gasteiger partial charge in [-0.15, -0.1) is 0 Å². The largest absolute Gasteiger partial charge is 0.306 e. The van der Waals surface area contributed by atoms with Gasteiger partial charge in [-0.3, -0.25) is 14.6 Å². The number of hydrogen-bond acceptors (Lipinski definition) is 5. The van der Waals surface area contributed by atoms with Gasteiger partial charge in [0.05, 0.1) is 17.6 Å². The summed E-state index contributed by atoms with van der Waals surface area (Å²) in [5, 5.41) is 13.6. The van der Waals surface area contributed by atoms with Crippen LogP contribution in [-0.4, -0.2) is 35.4 Å². The summed E-state index contributed by atoms with van der Waals surface area (Å²) in [5.74, 6) is -0.286. The third kappa shape index (κ3) is 3.61. The van der Waals surface area contributed by atoms with E-state index in [-0.39, 0.29) is 28.7 Å². The molecule has 0 bridgehead atoms. The summed E-state index contributed by atoms with van der Waals surface area (Å²) in [6.45, 7) is 1.77. The molecule has 10 heteroatoms. The minimum absolute atomic E-state index is 0.0951. The molecule has 0 atom stereocenters. The molecule has 36 heavy (non-hydrogen) atoms. The second-order valence-corrected chi connectivity index (χ2v) is 8.22. The number of aryl methyl sites for hydroxylation is 1. The van der Waals surface area contributed by atoms with E-state index in [0.717, 1.165) is 10.8 Å². The van der Waals surface area contributed by atoms with E-state index in [2.05, 4.69) is 25.5 Å². The number of amides is 1. The van der Waals surface area contributed by atoms with Crippen LogP contribution in [0.2, 0.25) is 0 Å². The van der Waals surface area contributed by atoms with Crippen LogP contribution in [0.4, 0.5) is 10.2 Å². The highest BCUT2D eigenvalue weighted by atomic mass is 19.1. The Morgan fingerprint density at radius 2 is 1.75 bits per heavy atom. The van der Waals surface area contributed by atoms with E-state index in [1.54, 1.807) is 19.1 Å². The fourth-order valence-electron chi connectivity index (χ4n) is 4.14. The first-order chi connectivity index (χ1) is 17.5. The number of nitrogens with one attached hydrogen (secondary N) is 2. The van der Waals surface area contributed by atoms with Crippen LogP contribution in [0, 0.1) is 12.7 Å². The first-order valence-electron chi connectivity index (χ1n) is 11.1. The third-order valence-electron chi connectivity index (χ3n) is 5.80. The molecule has 0 unspecified atom stereocenters. The molecule has 6 aromatic rings. The van der Waals surface area contributed by atoms with Crippen LogP contribution >= 0.6 is 0 Å². The fourth-order valence-corrected chi connectivity index (χ4v) is 4.14. The van der Waals surface area contributed by atoms with E-state index in [4.69, 9.17) is 0 Å². The number of fused-ring (bicyclic) bond motifs is 2. The number of halogens is 1. The number of rotatable bonds is 4. The number of nitrogens with zero attached hydrogens (tertiary/aromatic N) is 5. The maximum atomic E-state index is 13.4. The van der Waals surface area contributed by atoms with Gasteiger partial charge in [-0.2, -0.15) is 19.9 Å². The Labute approximate surface area is 202 Å². The lowest BCUT2D eigenvalue weighted by atomic mass is 10.0. The fraction of sp³-hybridized carbons (Fsp3) is 0.0385. The zero-order valence-corrected chi connectivity index (χ0v) is 18.9. The van der Waals surface area contributed by atoms with Crippen LogP contribution in [-0.2, 0) is 0 Å². The predicted octanol–water partition coefficient (Wildman–Crippen LogP) is 4.15. The molecule has 176 valence electrons. The SMILES string of the molecule is Cc1cc(NC(=O)c2cccc3ccccc23)n(-c2nc3c(cnn3-c3ccc(F)cc3)c(=O)[nH]2)n1. The lowest BCUT2D eigenvalue weighted by Crippen LogP contribution is -2.19. The Bertz CT molecular complexity index is 1830. The van der Waals surface area contributed by atoms with Gasteiger partial charge in [0.15, 0.2) is 5.65 Å². The molecule has 6 rings (SSSR count). The maximum absolute atomic E-state index is 13.4. The Morgan fingerprint density at radius 1 is 0.972 bits per heavy atom. The van der Waals surface area contributed by atoms with Crippen LogP contribution in [0.1, 0.15) is 16.1 Å². The zero-order chi connectivity index (χ0) is 24.8. The quantitative estimate of drug-likeness (QED) is 0.395. The number of anilines is 1. The first kappa shape index (κ1) is 21.4. The molecule has 0 radical (unpaired) electrons. The van der Waals surface area contributed by atoms with Gasteiger partial charge in [-0.1, -0.05) is 36.4 Å². The molecule has 0 saturated carbocycles. The topological polar surface area (TPSA) is 110 Å². The summed E-state index contributed by atoms with van der Waals surface area (Å²) in [7, 11) is 0. The first-order valence-corrected chi connectivity index (χ1v) is 11.1. The summed E-state index contributed by atoms with van der Waals surface area (Å²) in [6, 6.07) is 20.5. The van der Waals surface area contributed by atoms with Gasteiger partial charge in [-0.05, 0) is 48.0 Å². The standard InChI is InChI=1S/C26H18FN7O2/c1-15-13-22(29-24(35)20-8-4-6-16-5-2-3-7-19(16)20)34(32-15)26-30-23-21(25(36)31-26)14-28-33(23)18-11-9-17(27)10-12-18/h2-14H,1H3,(H,29,35)(H,30,31,36). The number of aromatic amines is 1. The molecule has 3 aromatic carbocycles. The van der Waals surface area contributed by atoms with E-state index < -0.39 is 5.56 Å². The monoisotopic (exact) mass is 479 g/mol. The highest BCUT2D eigenvalue weighted by Gasteiger charge is 2.18. The molecule has 1 amide bonds. The van der Waals surface area contributed by atoms with Crippen LogP contribution in [0.3, 0.4) is 0 Å². The highest BCUT2D eigenvalue weighted by molar-refractivity contribution is 6.12. The Morgan fingerprint density at radius 3 is 2.58 bits per heavy atom. The molecule has 0 aliphatic heterocycles. The average molecular weight is 479 g/mol. The van der Waals surface area contributed by atoms with E-state index in [1.807, 2.05) is 36.4 Å². The smallest absolute Gasteiger partial charge is 0.263 e. The molecule has 0 spiro atoms. The van der Waals surface area contributed by atoms with Gasteiger partial charge < -0.3 is 5.32 Å². The van der Waals surface area contributed by atoms with E-state index in [0.29, 0.717) is 22.8 Å². The Hall–Kier alpha value is -5.12. The lowest BCUT2D eigenvalue weighted by molar-refractivity contribution is 0.102. The van der Waals surface area contributed by atoms with E-state index >= 15 is 0 Å². The van der Waals surface area contributed by atoms with Crippen molar-refractivity contribution in [2.75, 3.05) is 5.32 Å². The Balaban J connectivity index is 1.43. The zero-order valence-electron chi connectivity index (χ0n) is 18.9. The third-order valence-corrected chi connectivity index (χ3v) is 5.80. The maximum Gasteiger partial charge on any atom is 0.263 e. The van der Waals surface area contributed by atoms with Crippen molar-refractivity contribution in [1.29, 1.82) is 0 Å². The van der Waals surface area contributed by atoms with Gasteiger partial charge in [-0.25, -0.2) is 9.07 Å². The van der Waals surface area contributed by atoms with Gasteiger partial charge in [0.25, 0.3) is 11.5 Å². The number of carbonyl (C=O) groups is 1. The summed E-state index contributed by atoms with van der Waals surface area (Å²) < 4.78 is 16.2. The van der Waals surface area contributed by atoms with E-state index in [9.17, 15) is 14.0 Å². The summed E-state index contributed by atoms with van der Waals surface area (Å²) in [4.78, 5) is 33.4.